The molecule has 484 valence electrons. The number of hydrogen-bond donors (Lipinski definition) is 0. The molecule has 9 rings (SSSR count). The Morgan fingerprint density at radius 3 is 1.39 bits per heavy atom. The zero-order chi connectivity index (χ0) is 63.9. The van der Waals surface area contributed by atoms with Crippen molar-refractivity contribution in [3.63, 3.8) is 0 Å². The Kier molecular flexibility index (Phi) is 29.0. The third kappa shape index (κ3) is 27.3. The molecule has 0 bridgehead atoms. The van der Waals surface area contributed by atoms with Gasteiger partial charge in [0.05, 0.1) is 26.8 Å². The Bertz CT molecular complexity index is 3160. The van der Waals surface area contributed by atoms with Gasteiger partial charge in [-0.1, -0.05) is 96.7 Å². The van der Waals surface area contributed by atoms with E-state index in [0.717, 1.165) is 33.8 Å². The molecule has 3 fully saturated rings. The van der Waals surface area contributed by atoms with Crippen LogP contribution in [0.25, 0.3) is 11.1 Å². The number of halogens is 8. The van der Waals surface area contributed by atoms with Crippen LogP contribution in [-0.2, 0) is 40.2 Å². The van der Waals surface area contributed by atoms with Crippen LogP contribution in [0.3, 0.4) is 0 Å². The van der Waals surface area contributed by atoms with Gasteiger partial charge in [0.1, 0.15) is 0 Å². The second kappa shape index (κ2) is 34.1. The van der Waals surface area contributed by atoms with Crippen molar-refractivity contribution in [1.82, 2.24) is 8.61 Å². The predicted molar refractivity (Wildman–Crippen MR) is 352 cm³/mol. The van der Waals surface area contributed by atoms with Crippen LogP contribution in [0, 0.1) is 20.8 Å². The minimum atomic E-state index is -10.7. The first kappa shape index (κ1) is 74.0. The summed E-state index contributed by atoms with van der Waals surface area (Å²) in [6, 6.07) is 36.5. The van der Waals surface area contributed by atoms with Crippen molar-refractivity contribution in [2.75, 3.05) is 26.2 Å². The quantitative estimate of drug-likeness (QED) is 0.0376. The van der Waals surface area contributed by atoms with Gasteiger partial charge in [0.2, 0.25) is 20.0 Å². The fraction of sp³-hybridized carbons (Fsp3) is 0.439. The summed E-state index contributed by atoms with van der Waals surface area (Å²) in [5.41, 5.74) is 11.4. The molecule has 21 heteroatoms. The fourth-order valence-corrected chi connectivity index (χ4v) is 20.8. The van der Waals surface area contributed by atoms with Crippen molar-refractivity contribution in [3.05, 3.63) is 181 Å². The molecular weight excluding hydrogens is 1330 g/mol. The van der Waals surface area contributed by atoms with E-state index >= 15 is 0 Å². The van der Waals surface area contributed by atoms with Gasteiger partial charge in [-0.2, -0.15) is 8.61 Å². The van der Waals surface area contributed by atoms with Crippen molar-refractivity contribution in [2.45, 2.75) is 170 Å². The van der Waals surface area contributed by atoms with E-state index in [1.165, 1.54) is 42.3 Å². The summed E-state index contributed by atoms with van der Waals surface area (Å²) in [6.45, 7) is 19.1. The van der Waals surface area contributed by atoms with Gasteiger partial charge in [-0.3, -0.25) is 0 Å². The first-order chi connectivity index (χ1) is 40.9. The van der Waals surface area contributed by atoms with Gasteiger partial charge < -0.3 is 0 Å². The van der Waals surface area contributed by atoms with Gasteiger partial charge in [0, 0.05) is 34.1 Å². The first-order valence-corrected chi connectivity index (χ1v) is 41.9. The van der Waals surface area contributed by atoms with Gasteiger partial charge >= 0.3 is 195 Å². The van der Waals surface area contributed by atoms with Crippen molar-refractivity contribution in [1.29, 1.82) is 0 Å². The third-order valence-electron chi connectivity index (χ3n) is 15.3. The molecule has 1 heterocycles. The molecule has 0 amide bonds. The topological polar surface area (TPSA) is 93.2 Å². The van der Waals surface area contributed by atoms with Crippen LogP contribution in [0.5, 0.6) is 11.5 Å². The summed E-state index contributed by atoms with van der Waals surface area (Å²) in [7, 11) is -5.29. The fourth-order valence-electron chi connectivity index (χ4n) is 11.1. The molecule has 0 atom stereocenters. The molecule has 8 nitrogen and oxygen atoms in total. The molecule has 5 aromatic carbocycles. The molecule has 1 aliphatic heterocycles. The van der Waals surface area contributed by atoms with E-state index in [1.54, 1.807) is 145 Å². The van der Waals surface area contributed by atoms with Crippen LogP contribution >= 0.6 is 35.1 Å². The maximum atomic E-state index is 12.3. The van der Waals surface area contributed by atoms with E-state index in [9.17, 15) is 42.0 Å². The average molecular weight is 1420 g/mol. The van der Waals surface area contributed by atoms with Crippen LogP contribution in [0.2, 0.25) is 0 Å². The van der Waals surface area contributed by atoms with Gasteiger partial charge in [-0.15, -0.1) is 13.2 Å². The van der Waals surface area contributed by atoms with E-state index in [2.05, 4.69) is 68.6 Å². The molecule has 0 spiro atoms. The van der Waals surface area contributed by atoms with Crippen LogP contribution in [0.1, 0.15) is 138 Å². The Morgan fingerprint density at radius 2 is 1.00 bits per heavy atom. The average Bonchev–Trinajstić information content (AvgIpc) is 2.92. The van der Waals surface area contributed by atoms with Gasteiger partial charge in [0.15, 0.2) is 0 Å². The number of aryl methyl sites for hydroxylation is 3. The SMILES string of the molecule is C1CCC([PH+](C2CCCCC2)C2CCCCC2)CC1.C=CCN(CC=C)S(=O)(=O)c1ccc(C)cc1.Cc1ccc(-c2ccc(COc3ccc(OC(C)C)c([CH]=[Ru]([Cl])[Cl])c3)cc2)cc1.Cc1ccc(S(=O)(=O)N2CC=CC2)cc1.F[P-](F)(F)(F)(F)F. The van der Waals surface area contributed by atoms with Gasteiger partial charge in [0.25, 0.3) is 0 Å². The molecule has 3 aliphatic carbocycles. The van der Waals surface area contributed by atoms with Crippen LogP contribution < -0.4 is 9.47 Å². The minimum absolute atomic E-state index is 0.0465. The van der Waals surface area contributed by atoms with Crippen LogP contribution in [0.15, 0.2) is 163 Å². The molecule has 0 N–H and O–H groups in total. The number of sulfonamides is 2. The Labute approximate surface area is 529 Å². The van der Waals surface area contributed by atoms with E-state index in [4.69, 9.17) is 28.9 Å². The summed E-state index contributed by atoms with van der Waals surface area (Å²) < 4.78 is 124. The van der Waals surface area contributed by atoms with Crippen LogP contribution in [0.4, 0.5) is 25.2 Å². The number of nitrogens with zero attached hydrogens (tertiary/aromatic N) is 2. The van der Waals surface area contributed by atoms with Crippen molar-refractivity contribution >= 4 is 59.8 Å². The standard InChI is InChI=1S/C24H24O2.C18H33P.C13H17NO2S.C11H13NO2S.2ClH.F6P.Ru/c1-17(2)26-24-14-13-23(15-19(24)4)25-16-20-7-11-22(12-8-20)21-9-5-18(3)6-10-21;1-4-10-16(11-5-1)19(17-12-6-2-7-13-17)18-14-8-3-9-15-18;1-4-10-14(11-5-2)17(15,16)13-8-6-12(3)7-9-13;1-10-4-6-11(7-5-10)15(13,14)12-8-2-3-9-12;;;1-7(2,3,4,5)6;/h4-15,17H,16H2,1-3H3;16-18H,1-15H2;4-9H,1-2,10-11H2,3H3;2-7H,8-9H2,1H3;2*1H;;/q;;;;;;-1;+2/p-1. The molecule has 0 radical (unpaired) electrons. The zero-order valence-corrected chi connectivity index (χ0v) is 57.5. The van der Waals surface area contributed by atoms with E-state index < -0.39 is 41.4 Å². The molecule has 5 aromatic rings. The number of benzene rings is 5. The van der Waals surface area contributed by atoms with E-state index in [1.807, 2.05) is 74.8 Å². The molecule has 4 aliphatic rings. The second-order valence-electron chi connectivity index (χ2n) is 22.8. The summed E-state index contributed by atoms with van der Waals surface area (Å²) in [5, 5.41) is 0. The first-order valence-electron chi connectivity index (χ1n) is 29.8. The van der Waals surface area contributed by atoms with Crippen molar-refractivity contribution in [3.8, 4) is 22.6 Å². The molecule has 0 aromatic heterocycles. The summed E-state index contributed by atoms with van der Waals surface area (Å²) >= 11 is -1.97. The third-order valence-corrected chi connectivity index (χ3v) is 25.4. The van der Waals surface area contributed by atoms with Gasteiger partial charge in [-0.05, 0) is 122 Å². The monoisotopic (exact) mass is 1420 g/mol. The van der Waals surface area contributed by atoms with Crippen molar-refractivity contribution in [2.24, 2.45) is 0 Å². The molecule has 87 heavy (non-hydrogen) atoms. The molecular formula is C66H88Cl2F6N2O6P2RuS2. The van der Waals surface area contributed by atoms with Gasteiger partial charge in [-0.25, -0.2) is 16.8 Å². The number of ether oxygens (including phenoxy) is 2. The second-order valence-corrected chi connectivity index (χ2v) is 37.8. The zero-order valence-electron chi connectivity index (χ0n) is 50.7. The summed E-state index contributed by atoms with van der Waals surface area (Å²) in [5.74, 6) is 1.54. The number of rotatable bonds is 18. The van der Waals surface area contributed by atoms with E-state index in [0.29, 0.717) is 29.5 Å². The predicted octanol–water partition coefficient (Wildman–Crippen LogP) is 20.6. The van der Waals surface area contributed by atoms with Crippen LogP contribution in [-0.4, -0.2) is 79.3 Å². The molecule has 3 saturated carbocycles. The maximum absolute atomic E-state index is 12.3. The Balaban J connectivity index is 0.000000210. The normalized spacial score (nSPS) is 17.1. The summed E-state index contributed by atoms with van der Waals surface area (Å²) in [4.78, 5) is 0.670. The number of hydrogen-bond acceptors (Lipinski definition) is 6. The Morgan fingerprint density at radius 1 is 0.609 bits per heavy atom. The van der Waals surface area contributed by atoms with Crippen molar-refractivity contribution < 1.29 is 65.0 Å². The van der Waals surface area contributed by atoms with E-state index in [-0.39, 0.29) is 27.1 Å². The Hall–Kier alpha value is -3.75. The molecule has 0 saturated heterocycles. The summed E-state index contributed by atoms with van der Waals surface area (Å²) in [6.07, 6.45) is 30.7. The molecule has 0 unspecified atom stereocenters.